The quantitative estimate of drug-likeness (QED) is 0.861. The van der Waals surface area contributed by atoms with Crippen LogP contribution in [0.2, 0.25) is 5.02 Å². The number of nitrogens with one attached hydrogen (secondary N) is 1. The molecule has 2 nitrogen and oxygen atoms in total. The number of nitrogens with zero attached hydrogens (tertiary/aromatic N) is 1. The van der Waals surface area contributed by atoms with E-state index in [4.69, 9.17) is 11.6 Å². The summed E-state index contributed by atoms with van der Waals surface area (Å²) in [6.45, 7) is 3.14. The van der Waals surface area contributed by atoms with Crippen LogP contribution in [-0.4, -0.2) is 11.5 Å². The minimum absolute atomic E-state index is 0.362. The highest BCUT2D eigenvalue weighted by atomic mass is 35.5. The van der Waals surface area contributed by atoms with Gasteiger partial charge in [-0.3, -0.25) is 4.98 Å². The van der Waals surface area contributed by atoms with Crippen molar-refractivity contribution in [1.29, 1.82) is 0 Å². The number of aromatic nitrogens is 1. The fourth-order valence-electron chi connectivity index (χ4n) is 2.16. The predicted octanol–water partition coefficient (Wildman–Crippen LogP) is 4.02. The van der Waals surface area contributed by atoms with Gasteiger partial charge in [0, 0.05) is 23.5 Å². The van der Waals surface area contributed by atoms with Gasteiger partial charge in [-0.25, -0.2) is 0 Å². The predicted molar refractivity (Wildman–Crippen MR) is 80.4 cm³/mol. The van der Waals surface area contributed by atoms with Crippen molar-refractivity contribution in [3.05, 3.63) is 64.9 Å². The number of benzene rings is 1. The van der Waals surface area contributed by atoms with Crippen LogP contribution < -0.4 is 5.32 Å². The van der Waals surface area contributed by atoms with Crippen molar-refractivity contribution in [3.63, 3.8) is 0 Å². The van der Waals surface area contributed by atoms with Crippen LogP contribution in [-0.2, 0) is 6.42 Å². The Morgan fingerprint density at radius 1 is 1.21 bits per heavy atom. The van der Waals surface area contributed by atoms with Crippen LogP contribution in [0.15, 0.2) is 48.8 Å². The smallest absolute Gasteiger partial charge is 0.0409 e. The standard InChI is InChI=1S/C16H19ClN2/c1-2-16(14-4-3-5-15(17)12-14)19-11-8-13-6-9-18-10-7-13/h3-7,9-10,12,16,19H,2,8,11H2,1H3. The van der Waals surface area contributed by atoms with Crippen LogP contribution in [0.3, 0.4) is 0 Å². The van der Waals surface area contributed by atoms with Crippen LogP contribution in [0.5, 0.6) is 0 Å². The minimum atomic E-state index is 0.362. The molecular weight excluding hydrogens is 256 g/mol. The number of hydrogen-bond acceptors (Lipinski definition) is 2. The molecule has 0 radical (unpaired) electrons. The Morgan fingerprint density at radius 2 is 2.00 bits per heavy atom. The number of pyridine rings is 1. The summed E-state index contributed by atoms with van der Waals surface area (Å²) in [6, 6.07) is 12.6. The van der Waals surface area contributed by atoms with E-state index in [-0.39, 0.29) is 0 Å². The van der Waals surface area contributed by atoms with E-state index in [0.29, 0.717) is 6.04 Å². The van der Waals surface area contributed by atoms with E-state index in [2.05, 4.69) is 35.4 Å². The summed E-state index contributed by atoms with van der Waals surface area (Å²) >= 11 is 6.04. The molecular formula is C16H19ClN2. The molecule has 2 aromatic rings. The van der Waals surface area contributed by atoms with Crippen molar-refractivity contribution < 1.29 is 0 Å². The van der Waals surface area contributed by atoms with E-state index < -0.39 is 0 Å². The molecule has 0 aliphatic heterocycles. The summed E-state index contributed by atoms with van der Waals surface area (Å²) in [5, 5.41) is 4.38. The van der Waals surface area contributed by atoms with Crippen molar-refractivity contribution in [2.75, 3.05) is 6.54 Å². The molecule has 0 aliphatic rings. The van der Waals surface area contributed by atoms with Gasteiger partial charge in [0.2, 0.25) is 0 Å². The molecule has 0 saturated carbocycles. The molecule has 0 bridgehead atoms. The lowest BCUT2D eigenvalue weighted by Crippen LogP contribution is -2.23. The first-order chi connectivity index (χ1) is 9.29. The molecule has 100 valence electrons. The zero-order valence-corrected chi connectivity index (χ0v) is 11.9. The van der Waals surface area contributed by atoms with E-state index in [0.717, 1.165) is 24.4 Å². The second kappa shape index (κ2) is 7.27. The average molecular weight is 275 g/mol. The van der Waals surface area contributed by atoms with Crippen LogP contribution >= 0.6 is 11.6 Å². The first-order valence-electron chi connectivity index (χ1n) is 6.67. The summed E-state index contributed by atoms with van der Waals surface area (Å²) in [6.07, 6.45) is 5.74. The molecule has 1 aromatic carbocycles. The first kappa shape index (κ1) is 14.0. The second-order valence-electron chi connectivity index (χ2n) is 4.58. The Labute approximate surface area is 119 Å². The molecule has 1 N–H and O–H groups in total. The van der Waals surface area contributed by atoms with Crippen molar-refractivity contribution in [2.45, 2.75) is 25.8 Å². The van der Waals surface area contributed by atoms with E-state index in [9.17, 15) is 0 Å². The van der Waals surface area contributed by atoms with Gasteiger partial charge in [-0.1, -0.05) is 30.7 Å². The molecule has 0 amide bonds. The third kappa shape index (κ3) is 4.34. The lowest BCUT2D eigenvalue weighted by Gasteiger charge is -2.17. The Bertz CT molecular complexity index is 499. The van der Waals surface area contributed by atoms with Gasteiger partial charge in [0.15, 0.2) is 0 Å². The Kier molecular flexibility index (Phi) is 5.37. The van der Waals surface area contributed by atoms with Crippen molar-refractivity contribution in [3.8, 4) is 0 Å². The van der Waals surface area contributed by atoms with Gasteiger partial charge in [-0.15, -0.1) is 0 Å². The summed E-state index contributed by atoms with van der Waals surface area (Å²) < 4.78 is 0. The average Bonchev–Trinajstić information content (AvgIpc) is 2.45. The fourth-order valence-corrected chi connectivity index (χ4v) is 2.36. The number of hydrogen-bond donors (Lipinski definition) is 1. The molecule has 1 aromatic heterocycles. The molecule has 0 spiro atoms. The molecule has 3 heteroatoms. The Hall–Kier alpha value is -1.38. The van der Waals surface area contributed by atoms with Crippen molar-refractivity contribution in [2.24, 2.45) is 0 Å². The summed E-state index contributed by atoms with van der Waals surface area (Å²) in [4.78, 5) is 4.03. The highest BCUT2D eigenvalue weighted by Crippen LogP contribution is 2.20. The highest BCUT2D eigenvalue weighted by molar-refractivity contribution is 6.30. The number of halogens is 1. The van der Waals surface area contributed by atoms with Gasteiger partial charge in [0.05, 0.1) is 0 Å². The lowest BCUT2D eigenvalue weighted by molar-refractivity contribution is 0.522. The fraction of sp³-hybridized carbons (Fsp3) is 0.312. The van der Waals surface area contributed by atoms with E-state index in [1.807, 2.05) is 30.6 Å². The van der Waals surface area contributed by atoms with E-state index >= 15 is 0 Å². The third-order valence-electron chi connectivity index (χ3n) is 3.21. The summed E-state index contributed by atoms with van der Waals surface area (Å²) in [5.74, 6) is 0. The first-order valence-corrected chi connectivity index (χ1v) is 7.05. The van der Waals surface area contributed by atoms with Gasteiger partial charge in [-0.2, -0.15) is 0 Å². The van der Waals surface area contributed by atoms with Gasteiger partial charge < -0.3 is 5.32 Å². The lowest BCUT2D eigenvalue weighted by atomic mass is 10.0. The normalized spacial score (nSPS) is 12.3. The maximum Gasteiger partial charge on any atom is 0.0409 e. The zero-order valence-electron chi connectivity index (χ0n) is 11.1. The Morgan fingerprint density at radius 3 is 2.68 bits per heavy atom. The van der Waals surface area contributed by atoms with Crippen molar-refractivity contribution in [1.82, 2.24) is 10.3 Å². The SMILES string of the molecule is CCC(NCCc1ccncc1)c1cccc(Cl)c1. The molecule has 2 rings (SSSR count). The van der Waals surface area contributed by atoms with Gasteiger partial charge >= 0.3 is 0 Å². The topological polar surface area (TPSA) is 24.9 Å². The molecule has 1 heterocycles. The largest absolute Gasteiger partial charge is 0.310 e. The van der Waals surface area contributed by atoms with Gasteiger partial charge in [0.1, 0.15) is 0 Å². The molecule has 19 heavy (non-hydrogen) atoms. The maximum absolute atomic E-state index is 6.04. The minimum Gasteiger partial charge on any atom is -0.310 e. The third-order valence-corrected chi connectivity index (χ3v) is 3.45. The molecule has 1 unspecified atom stereocenters. The van der Waals surface area contributed by atoms with Gasteiger partial charge in [-0.05, 0) is 54.8 Å². The zero-order chi connectivity index (χ0) is 13.5. The van der Waals surface area contributed by atoms with Crippen molar-refractivity contribution >= 4 is 11.6 Å². The monoisotopic (exact) mass is 274 g/mol. The summed E-state index contributed by atoms with van der Waals surface area (Å²) in [7, 11) is 0. The van der Waals surface area contributed by atoms with Crippen LogP contribution in [0.1, 0.15) is 30.5 Å². The number of rotatable bonds is 6. The highest BCUT2D eigenvalue weighted by Gasteiger charge is 2.08. The molecule has 1 atom stereocenters. The second-order valence-corrected chi connectivity index (χ2v) is 5.01. The van der Waals surface area contributed by atoms with Crippen LogP contribution in [0, 0.1) is 0 Å². The maximum atomic E-state index is 6.04. The van der Waals surface area contributed by atoms with E-state index in [1.54, 1.807) is 0 Å². The molecule has 0 saturated heterocycles. The molecule has 0 aliphatic carbocycles. The van der Waals surface area contributed by atoms with E-state index in [1.165, 1.54) is 11.1 Å². The van der Waals surface area contributed by atoms with Crippen LogP contribution in [0.4, 0.5) is 0 Å². The van der Waals surface area contributed by atoms with Gasteiger partial charge in [0.25, 0.3) is 0 Å². The Balaban J connectivity index is 1.89. The van der Waals surface area contributed by atoms with Crippen LogP contribution in [0.25, 0.3) is 0 Å². The molecule has 0 fully saturated rings. The summed E-state index contributed by atoms with van der Waals surface area (Å²) in [5.41, 5.74) is 2.56.